The maximum absolute atomic E-state index is 12.0. The van der Waals surface area contributed by atoms with Crippen molar-refractivity contribution >= 4 is 17.6 Å². The number of aromatic amines is 1. The second-order valence-corrected chi connectivity index (χ2v) is 4.45. The molecule has 0 aliphatic carbocycles. The lowest BCUT2D eigenvalue weighted by atomic mass is 10.2. The van der Waals surface area contributed by atoms with E-state index in [1.807, 2.05) is 0 Å². The van der Waals surface area contributed by atoms with Crippen LogP contribution in [-0.4, -0.2) is 40.4 Å². The van der Waals surface area contributed by atoms with E-state index in [0.717, 1.165) is 4.90 Å². The first kappa shape index (κ1) is 14.5. The second kappa shape index (κ2) is 6.04. The minimum atomic E-state index is -0.539. The minimum absolute atomic E-state index is 0.0231. The number of amides is 2. The molecule has 2 rings (SSSR count). The third kappa shape index (κ3) is 3.56. The van der Waals surface area contributed by atoms with Crippen molar-refractivity contribution in [2.45, 2.75) is 6.92 Å². The number of pyridine rings is 1. The number of hydrogen-bond donors (Lipinski definition) is 2. The summed E-state index contributed by atoms with van der Waals surface area (Å²) in [6.07, 6.45) is 1.43. The lowest BCUT2D eigenvalue weighted by Gasteiger charge is -2.15. The van der Waals surface area contributed by atoms with Crippen LogP contribution in [0, 0.1) is 6.92 Å². The molecule has 2 N–H and O–H groups in total. The molecule has 0 atom stereocenters. The summed E-state index contributed by atoms with van der Waals surface area (Å²) in [6.45, 7) is 1.49. The molecule has 2 heterocycles. The molecule has 0 aromatic carbocycles. The van der Waals surface area contributed by atoms with Crippen molar-refractivity contribution in [3.05, 3.63) is 46.1 Å². The number of carbonyl (C=O) groups excluding carboxylic acids is 2. The molecule has 2 aromatic rings. The Morgan fingerprint density at radius 2 is 2.24 bits per heavy atom. The first-order valence-corrected chi connectivity index (χ1v) is 6.13. The molecule has 110 valence electrons. The van der Waals surface area contributed by atoms with Gasteiger partial charge in [-0.1, -0.05) is 5.16 Å². The third-order valence-corrected chi connectivity index (χ3v) is 2.67. The zero-order valence-electron chi connectivity index (χ0n) is 11.5. The number of nitrogens with zero attached hydrogens (tertiary/aromatic N) is 2. The normalized spacial score (nSPS) is 10.2. The predicted octanol–water partition coefficient (Wildman–Crippen LogP) is 0.382. The fourth-order valence-electron chi connectivity index (χ4n) is 1.69. The molecule has 0 aliphatic rings. The zero-order valence-corrected chi connectivity index (χ0v) is 11.5. The van der Waals surface area contributed by atoms with Crippen LogP contribution in [0.4, 0.5) is 5.82 Å². The summed E-state index contributed by atoms with van der Waals surface area (Å²) in [7, 11) is 1.43. The van der Waals surface area contributed by atoms with Crippen LogP contribution in [0.2, 0.25) is 0 Å². The van der Waals surface area contributed by atoms with Crippen LogP contribution in [0.25, 0.3) is 0 Å². The van der Waals surface area contributed by atoms with E-state index in [1.165, 1.54) is 19.3 Å². The number of aryl methyl sites for hydroxylation is 1. The lowest BCUT2D eigenvalue weighted by Crippen LogP contribution is -2.37. The monoisotopic (exact) mass is 290 g/mol. The maximum atomic E-state index is 12.0. The van der Waals surface area contributed by atoms with E-state index in [9.17, 15) is 14.4 Å². The van der Waals surface area contributed by atoms with Gasteiger partial charge in [0.1, 0.15) is 11.3 Å². The van der Waals surface area contributed by atoms with Gasteiger partial charge in [0.25, 0.3) is 11.5 Å². The summed E-state index contributed by atoms with van der Waals surface area (Å²) < 4.78 is 4.81. The molecule has 2 aromatic heterocycles. The summed E-state index contributed by atoms with van der Waals surface area (Å²) in [6, 6.07) is 4.50. The van der Waals surface area contributed by atoms with Gasteiger partial charge in [0.15, 0.2) is 5.82 Å². The number of carbonyl (C=O) groups is 2. The van der Waals surface area contributed by atoms with E-state index >= 15 is 0 Å². The Hall–Kier alpha value is -2.90. The molecule has 0 unspecified atom stereocenters. The van der Waals surface area contributed by atoms with Crippen LogP contribution >= 0.6 is 0 Å². The third-order valence-electron chi connectivity index (χ3n) is 2.67. The number of hydrogen-bond acceptors (Lipinski definition) is 5. The van der Waals surface area contributed by atoms with Gasteiger partial charge in [0.2, 0.25) is 5.91 Å². The summed E-state index contributed by atoms with van der Waals surface area (Å²) in [5, 5.41) is 6.11. The molecule has 21 heavy (non-hydrogen) atoms. The van der Waals surface area contributed by atoms with Gasteiger partial charge >= 0.3 is 0 Å². The summed E-state index contributed by atoms with van der Waals surface area (Å²) in [5.41, 5.74) is -0.521. The molecule has 0 saturated heterocycles. The largest absolute Gasteiger partial charge is 0.360 e. The molecular weight excluding hydrogens is 276 g/mol. The Morgan fingerprint density at radius 3 is 2.86 bits per heavy atom. The van der Waals surface area contributed by atoms with E-state index in [-0.39, 0.29) is 17.9 Å². The Bertz CT molecular complexity index is 719. The summed E-state index contributed by atoms with van der Waals surface area (Å²) in [4.78, 5) is 38.9. The molecule has 8 nitrogen and oxygen atoms in total. The van der Waals surface area contributed by atoms with Gasteiger partial charge in [0, 0.05) is 19.3 Å². The molecule has 0 spiro atoms. The van der Waals surface area contributed by atoms with Crippen LogP contribution < -0.4 is 10.9 Å². The number of nitrogens with one attached hydrogen (secondary N) is 2. The quantitative estimate of drug-likeness (QED) is 0.846. The van der Waals surface area contributed by atoms with Gasteiger partial charge in [-0.3, -0.25) is 14.4 Å². The Morgan fingerprint density at radius 1 is 1.48 bits per heavy atom. The minimum Gasteiger partial charge on any atom is -0.360 e. The molecule has 0 saturated carbocycles. The molecule has 0 aliphatic heterocycles. The van der Waals surface area contributed by atoms with Crippen molar-refractivity contribution in [3.8, 4) is 0 Å². The number of anilines is 1. The van der Waals surface area contributed by atoms with Crippen molar-refractivity contribution in [2.24, 2.45) is 0 Å². The smallest absolute Gasteiger partial charge is 0.260 e. The Kier molecular flexibility index (Phi) is 4.17. The highest BCUT2D eigenvalue weighted by Crippen LogP contribution is 2.07. The van der Waals surface area contributed by atoms with Gasteiger partial charge in [-0.25, -0.2) is 0 Å². The number of rotatable bonds is 4. The van der Waals surface area contributed by atoms with Crippen LogP contribution in [0.5, 0.6) is 0 Å². The number of likely N-dealkylation sites (N-methyl/N-ethyl adjacent to an activating group) is 1. The van der Waals surface area contributed by atoms with Gasteiger partial charge in [-0.15, -0.1) is 0 Å². The lowest BCUT2D eigenvalue weighted by molar-refractivity contribution is -0.116. The fourth-order valence-corrected chi connectivity index (χ4v) is 1.69. The van der Waals surface area contributed by atoms with Gasteiger partial charge in [0.05, 0.1) is 6.54 Å². The summed E-state index contributed by atoms with van der Waals surface area (Å²) in [5.74, 6) is -0.142. The van der Waals surface area contributed by atoms with Crippen molar-refractivity contribution < 1.29 is 14.1 Å². The molecule has 0 fully saturated rings. The molecule has 0 radical (unpaired) electrons. The highest BCUT2D eigenvalue weighted by Gasteiger charge is 2.18. The van der Waals surface area contributed by atoms with Crippen molar-refractivity contribution in [1.29, 1.82) is 0 Å². The zero-order chi connectivity index (χ0) is 15.4. The molecule has 0 bridgehead atoms. The van der Waals surface area contributed by atoms with Gasteiger partial charge < -0.3 is 19.7 Å². The van der Waals surface area contributed by atoms with E-state index in [4.69, 9.17) is 4.52 Å². The maximum Gasteiger partial charge on any atom is 0.260 e. The second-order valence-electron chi connectivity index (χ2n) is 4.45. The van der Waals surface area contributed by atoms with Crippen LogP contribution in [0.3, 0.4) is 0 Å². The highest BCUT2D eigenvalue weighted by molar-refractivity contribution is 5.98. The van der Waals surface area contributed by atoms with Crippen molar-refractivity contribution in [2.75, 3.05) is 18.9 Å². The number of aromatic nitrogens is 2. The topological polar surface area (TPSA) is 108 Å². The Labute approximate surface area is 119 Å². The van der Waals surface area contributed by atoms with E-state index in [2.05, 4.69) is 15.5 Å². The van der Waals surface area contributed by atoms with Crippen LogP contribution in [0.15, 0.2) is 33.7 Å². The standard InChI is InChI=1S/C13H14N4O4/c1-8-6-10(16-21-8)15-11(18)7-17(2)13(20)9-4-3-5-14-12(9)19/h3-6H,7H2,1-2H3,(H,14,19)(H,15,16,18). The van der Waals surface area contributed by atoms with Gasteiger partial charge in [-0.05, 0) is 19.1 Å². The SMILES string of the molecule is Cc1cc(NC(=O)CN(C)C(=O)c2ccc[nH]c2=O)no1. The highest BCUT2D eigenvalue weighted by atomic mass is 16.5. The van der Waals surface area contributed by atoms with E-state index in [1.54, 1.807) is 19.1 Å². The van der Waals surface area contributed by atoms with E-state index in [0.29, 0.717) is 5.76 Å². The number of H-pyrrole nitrogens is 1. The average molecular weight is 290 g/mol. The van der Waals surface area contributed by atoms with Gasteiger partial charge in [-0.2, -0.15) is 0 Å². The molecular formula is C13H14N4O4. The first-order valence-electron chi connectivity index (χ1n) is 6.13. The first-order chi connectivity index (χ1) is 9.97. The van der Waals surface area contributed by atoms with E-state index < -0.39 is 17.4 Å². The predicted molar refractivity (Wildman–Crippen MR) is 73.9 cm³/mol. The molecule has 2 amide bonds. The Balaban J connectivity index is 1.99. The van der Waals surface area contributed by atoms with Crippen LogP contribution in [-0.2, 0) is 4.79 Å². The van der Waals surface area contributed by atoms with Crippen molar-refractivity contribution in [1.82, 2.24) is 15.0 Å². The van der Waals surface area contributed by atoms with Crippen molar-refractivity contribution in [3.63, 3.8) is 0 Å². The average Bonchev–Trinajstić information content (AvgIpc) is 2.83. The molecule has 8 heteroatoms. The van der Waals surface area contributed by atoms with Crippen LogP contribution in [0.1, 0.15) is 16.1 Å². The summed E-state index contributed by atoms with van der Waals surface area (Å²) >= 11 is 0. The fraction of sp³-hybridized carbons (Fsp3) is 0.231.